The van der Waals surface area contributed by atoms with Crippen molar-refractivity contribution in [1.29, 1.82) is 0 Å². The van der Waals surface area contributed by atoms with E-state index < -0.39 is 0 Å². The van der Waals surface area contributed by atoms with Gasteiger partial charge in [0.1, 0.15) is 13.2 Å². The summed E-state index contributed by atoms with van der Waals surface area (Å²) in [5, 5.41) is 0. The maximum absolute atomic E-state index is 10.5. The molecule has 0 aromatic rings. The molecule has 0 unspecified atom stereocenters. The van der Waals surface area contributed by atoms with Crippen LogP contribution in [0.5, 0.6) is 0 Å². The van der Waals surface area contributed by atoms with Crippen molar-refractivity contribution in [3.63, 3.8) is 0 Å². The third kappa shape index (κ3) is 39.3. The first-order valence-electron chi connectivity index (χ1n) is 3.56. The van der Waals surface area contributed by atoms with Gasteiger partial charge in [0.2, 0.25) is 0 Å². The molecule has 0 radical (unpaired) electrons. The number of ketones is 1. The molecule has 0 aromatic carbocycles. The van der Waals surface area contributed by atoms with Crippen molar-refractivity contribution in [2.75, 3.05) is 19.8 Å². The van der Waals surface area contributed by atoms with Crippen LogP contribution in [0.4, 0.5) is 0 Å². The molecule has 0 saturated heterocycles. The van der Waals surface area contributed by atoms with E-state index in [-0.39, 0.29) is 26.4 Å². The summed E-state index contributed by atoms with van der Waals surface area (Å²) in [4.78, 5) is 14.5. The Morgan fingerprint density at radius 3 is 2.07 bits per heavy atom. The van der Waals surface area contributed by atoms with Crippen LogP contribution in [0.3, 0.4) is 0 Å². The predicted molar refractivity (Wildman–Crippen MR) is 77.3 cm³/mol. The Morgan fingerprint density at radius 2 is 1.80 bits per heavy atom. The van der Waals surface area contributed by atoms with Crippen LogP contribution in [0.15, 0.2) is 13.2 Å². The fourth-order valence-electron chi connectivity index (χ4n) is 0.351. The topological polar surface area (TPSA) is 61.5 Å². The number of carbonyl (C=O) groups is 1. The molecule has 0 bridgehead atoms. The molecule has 7 heteroatoms. The molecule has 93 valence electrons. The van der Waals surface area contributed by atoms with Crippen LogP contribution in [0.25, 0.3) is 0 Å². The summed E-state index contributed by atoms with van der Waals surface area (Å²) >= 11 is 4.74. The van der Waals surface area contributed by atoms with Gasteiger partial charge in [0, 0.05) is 6.61 Å². The average Bonchev–Trinajstić information content (AvgIpc) is 2.20. The Hall–Kier alpha value is 1.33. The van der Waals surface area contributed by atoms with Crippen LogP contribution < -0.4 is 5.90 Å². The molecule has 0 spiro atoms. The molecular weight excluding hydrogens is 463 g/mol. The van der Waals surface area contributed by atoms with E-state index in [0.717, 1.165) is 0 Å². The maximum atomic E-state index is 10.5. The van der Waals surface area contributed by atoms with Crippen molar-refractivity contribution in [1.82, 2.24) is 0 Å². The van der Waals surface area contributed by atoms with Crippen LogP contribution >= 0.6 is 40.0 Å². The minimum absolute atomic E-state index is 0. The van der Waals surface area contributed by atoms with E-state index in [9.17, 15) is 4.79 Å². The Morgan fingerprint density at radius 1 is 1.40 bits per heavy atom. The van der Waals surface area contributed by atoms with Crippen LogP contribution in [-0.4, -0.2) is 25.6 Å². The van der Waals surface area contributed by atoms with Gasteiger partial charge in [0.05, 0.1) is 0 Å². The number of ether oxygens (including phenoxy) is 1. The normalized spacial score (nSPS) is 6.93. The number of hydrogen-bond acceptors (Lipinski definition) is 4. The molecule has 2 N–H and O–H groups in total. The Labute approximate surface area is 122 Å². The minimum atomic E-state index is -0.139. The summed E-state index contributed by atoms with van der Waals surface area (Å²) in [6.07, 6.45) is 0. The van der Waals surface area contributed by atoms with Gasteiger partial charge in [0.25, 0.3) is 0 Å². The van der Waals surface area contributed by atoms with Gasteiger partial charge in [-0.15, -0.1) is 13.2 Å². The van der Waals surface area contributed by atoms with Gasteiger partial charge in [-0.1, -0.05) is 0 Å². The van der Waals surface area contributed by atoms with Gasteiger partial charge in [-0.25, -0.2) is 5.90 Å². The van der Waals surface area contributed by atoms with E-state index in [4.69, 9.17) is 4.74 Å². The monoisotopic (exact) mass is 481 g/mol. The zero-order valence-electron chi connectivity index (χ0n) is 9.04. The van der Waals surface area contributed by atoms with Crippen molar-refractivity contribution in [3.8, 4) is 0 Å². The van der Waals surface area contributed by atoms with Crippen LogP contribution in [0.2, 0.25) is 0 Å². The molecule has 0 atom stereocenters. The molecular formula is C8H18I2NO3V-. The summed E-state index contributed by atoms with van der Waals surface area (Å²) in [5.74, 6) is 4.49. The molecule has 0 aromatic heterocycles. The number of rotatable bonds is 5. The molecule has 0 fully saturated rings. The van der Waals surface area contributed by atoms with E-state index in [0.29, 0.717) is 16.1 Å². The fraction of sp³-hybridized carbons (Fsp3) is 0.500. The van der Waals surface area contributed by atoms with Crippen LogP contribution in [0, 0.1) is 7.43 Å². The summed E-state index contributed by atoms with van der Waals surface area (Å²) in [6.45, 7) is 8.38. The second kappa shape index (κ2) is 29.5. The Balaban J connectivity index is -0.0000000867. The molecule has 0 aliphatic rings. The number of nitrogens with two attached hydrogens (primary N) is 1. The predicted octanol–water partition coefficient (Wildman–Crippen LogP) is 2.50. The van der Waals surface area contributed by atoms with Gasteiger partial charge in [-0.2, -0.15) is 0 Å². The van der Waals surface area contributed by atoms with Crippen LogP contribution in [0.1, 0.15) is 6.92 Å². The molecule has 0 amide bonds. The molecule has 0 aliphatic heterocycles. The van der Waals surface area contributed by atoms with Gasteiger partial charge in [0.15, 0.2) is 5.78 Å². The van der Waals surface area contributed by atoms with Gasteiger partial charge in [-0.3, -0.25) is 9.63 Å². The van der Waals surface area contributed by atoms with Gasteiger partial charge >= 0.3 is 49.4 Å². The fourth-order valence-corrected chi connectivity index (χ4v) is 0.351. The van der Waals surface area contributed by atoms with E-state index >= 15 is 0 Å². The quantitative estimate of drug-likeness (QED) is 0.284. The first-order valence-corrected chi connectivity index (χ1v) is 12.6. The zero-order chi connectivity index (χ0) is 11.8. The summed E-state index contributed by atoms with van der Waals surface area (Å²) in [7, 11) is 0.628. The standard InChI is InChI=1S/C5H11NO3.C2H4.CH3.2HI.V/c1-2-8-3-5(7)4-9-6;1-2;;;;/h2-4,6H2,1H3;1-2H2;1H3;2*1H;/q;;-1;;;+2/p-2. The van der Waals surface area contributed by atoms with Crippen molar-refractivity contribution < 1.29 is 23.8 Å². The first-order chi connectivity index (χ1) is 6.72. The molecule has 0 saturated carbocycles. The number of halogens is 2. The average molecular weight is 481 g/mol. The summed E-state index contributed by atoms with van der Waals surface area (Å²) in [6, 6.07) is 0. The molecule has 4 nitrogen and oxygen atoms in total. The van der Waals surface area contributed by atoms with Gasteiger partial charge in [-0.05, 0) is 6.92 Å². The van der Waals surface area contributed by atoms with E-state index in [1.807, 2.05) is 6.92 Å². The summed E-state index contributed by atoms with van der Waals surface area (Å²) in [5.41, 5.74) is 0. The number of Topliss-reactive ketones (excluding diaryl/α,β-unsaturated/α-hetero) is 1. The number of hydrogen-bond donors (Lipinski definition) is 1. The van der Waals surface area contributed by atoms with E-state index in [1.165, 1.54) is 0 Å². The Kier molecular flexibility index (Phi) is 49.7. The zero-order valence-corrected chi connectivity index (χ0v) is 14.8. The SMILES string of the molecule is C=C.CCOCC(=O)CON.[CH3-].[I][V][I]. The van der Waals surface area contributed by atoms with E-state index in [1.54, 1.807) is 0 Å². The molecule has 15 heavy (non-hydrogen) atoms. The number of carbonyl (C=O) groups excluding carboxylic acids is 1. The molecule has 0 aliphatic carbocycles. The third-order valence-corrected chi connectivity index (χ3v) is 0.711. The van der Waals surface area contributed by atoms with Crippen molar-refractivity contribution in [2.45, 2.75) is 6.92 Å². The Bertz CT molecular complexity index is 120. The first kappa shape index (κ1) is 25.2. The van der Waals surface area contributed by atoms with Gasteiger partial charge < -0.3 is 12.2 Å². The van der Waals surface area contributed by atoms with Crippen molar-refractivity contribution in [2.24, 2.45) is 5.90 Å². The third-order valence-electron chi connectivity index (χ3n) is 0.711. The van der Waals surface area contributed by atoms with Crippen molar-refractivity contribution >= 4 is 45.7 Å². The van der Waals surface area contributed by atoms with Crippen LogP contribution in [-0.2, 0) is 23.8 Å². The molecule has 0 rings (SSSR count). The van der Waals surface area contributed by atoms with E-state index in [2.05, 4.69) is 63.9 Å². The second-order valence-corrected chi connectivity index (χ2v) is 13.3. The van der Waals surface area contributed by atoms with Crippen molar-refractivity contribution in [3.05, 3.63) is 20.6 Å². The molecule has 0 heterocycles. The summed E-state index contributed by atoms with van der Waals surface area (Å²) < 4.78 is 4.76. The second-order valence-electron chi connectivity index (χ2n) is 1.55.